The molecule has 5 aromatic rings. The number of aromatic nitrogens is 4. The largest absolute Gasteiger partial charge is 0.497 e. The van der Waals surface area contributed by atoms with Crippen molar-refractivity contribution in [3.8, 4) is 5.75 Å². The fraction of sp³-hybridized carbons (Fsp3) is 0.143. The number of anilines is 1. The Kier molecular flexibility index (Phi) is 6.32. The van der Waals surface area contributed by atoms with Gasteiger partial charge >= 0.3 is 5.97 Å². The van der Waals surface area contributed by atoms with E-state index in [2.05, 4.69) is 44.5 Å². The maximum atomic E-state index is 11.9. The molecule has 0 amide bonds. The molecule has 0 aliphatic rings. The van der Waals surface area contributed by atoms with Crippen LogP contribution in [0.3, 0.4) is 0 Å². The SMILES string of the molecule is COC(=O)Cn1cnc2c(NC(c3ccccc3)(c3ccccc3)c3ccc(OC)cc3)ncnc21. The average molecular weight is 480 g/mol. The van der Waals surface area contributed by atoms with E-state index in [1.54, 1.807) is 18.0 Å². The highest BCUT2D eigenvalue weighted by Crippen LogP contribution is 2.41. The van der Waals surface area contributed by atoms with Crippen LogP contribution in [0.4, 0.5) is 5.82 Å². The van der Waals surface area contributed by atoms with Crippen molar-refractivity contribution in [2.45, 2.75) is 12.1 Å². The number of fused-ring (bicyclic) bond motifs is 1. The molecule has 5 rings (SSSR count). The Morgan fingerprint density at radius 3 is 2.03 bits per heavy atom. The summed E-state index contributed by atoms with van der Waals surface area (Å²) in [7, 11) is 3.00. The summed E-state index contributed by atoms with van der Waals surface area (Å²) in [5.74, 6) is 0.912. The zero-order valence-corrected chi connectivity index (χ0v) is 20.0. The van der Waals surface area contributed by atoms with Crippen LogP contribution in [0.5, 0.6) is 5.75 Å². The molecule has 8 nitrogen and oxygen atoms in total. The van der Waals surface area contributed by atoms with Crippen molar-refractivity contribution in [2.24, 2.45) is 0 Å². The average Bonchev–Trinajstić information content (AvgIpc) is 3.36. The lowest BCUT2D eigenvalue weighted by molar-refractivity contribution is -0.141. The summed E-state index contributed by atoms with van der Waals surface area (Å²) in [6, 6.07) is 28.3. The number of methoxy groups -OCH3 is 2. The van der Waals surface area contributed by atoms with Gasteiger partial charge in [0.15, 0.2) is 11.5 Å². The molecule has 0 aliphatic heterocycles. The summed E-state index contributed by atoms with van der Waals surface area (Å²) in [5, 5.41) is 3.72. The molecule has 36 heavy (non-hydrogen) atoms. The van der Waals surface area contributed by atoms with E-state index in [1.807, 2.05) is 60.7 Å². The molecular weight excluding hydrogens is 454 g/mol. The third kappa shape index (κ3) is 4.13. The first-order chi connectivity index (χ1) is 17.7. The summed E-state index contributed by atoms with van der Waals surface area (Å²) >= 11 is 0. The molecule has 2 aromatic heterocycles. The number of nitrogens with one attached hydrogen (secondary N) is 1. The molecule has 0 saturated heterocycles. The van der Waals surface area contributed by atoms with Gasteiger partial charge in [-0.25, -0.2) is 15.0 Å². The number of carbonyl (C=O) groups excluding carboxylic acids is 1. The van der Waals surface area contributed by atoms with E-state index in [-0.39, 0.29) is 12.5 Å². The van der Waals surface area contributed by atoms with Crippen LogP contribution in [0.2, 0.25) is 0 Å². The van der Waals surface area contributed by atoms with Gasteiger partial charge in [0, 0.05) is 0 Å². The van der Waals surface area contributed by atoms with E-state index in [0.717, 1.165) is 22.4 Å². The van der Waals surface area contributed by atoms with Gasteiger partial charge in [-0.1, -0.05) is 72.8 Å². The van der Waals surface area contributed by atoms with Gasteiger partial charge in [0.25, 0.3) is 0 Å². The van der Waals surface area contributed by atoms with Crippen LogP contribution < -0.4 is 10.1 Å². The Bertz CT molecular complexity index is 1430. The lowest BCUT2D eigenvalue weighted by atomic mass is 9.77. The van der Waals surface area contributed by atoms with E-state index < -0.39 is 5.54 Å². The minimum atomic E-state index is -0.817. The topological polar surface area (TPSA) is 91.2 Å². The van der Waals surface area contributed by atoms with Crippen LogP contribution >= 0.6 is 0 Å². The Morgan fingerprint density at radius 1 is 0.833 bits per heavy atom. The van der Waals surface area contributed by atoms with Gasteiger partial charge in [0.1, 0.15) is 29.7 Å². The summed E-state index contributed by atoms with van der Waals surface area (Å²) in [6.07, 6.45) is 3.04. The van der Waals surface area contributed by atoms with Crippen molar-refractivity contribution in [3.05, 3.63) is 114 Å². The Labute approximate surface area is 208 Å². The van der Waals surface area contributed by atoms with Gasteiger partial charge in [0.2, 0.25) is 0 Å². The maximum absolute atomic E-state index is 11.9. The molecule has 0 fully saturated rings. The summed E-state index contributed by atoms with van der Waals surface area (Å²) in [4.78, 5) is 25.4. The number of rotatable bonds is 8. The highest BCUT2D eigenvalue weighted by atomic mass is 16.5. The van der Waals surface area contributed by atoms with Crippen LogP contribution in [-0.4, -0.2) is 39.7 Å². The van der Waals surface area contributed by atoms with E-state index in [0.29, 0.717) is 17.0 Å². The molecule has 0 radical (unpaired) electrons. The predicted octanol–water partition coefficient (Wildman–Crippen LogP) is 4.41. The maximum Gasteiger partial charge on any atom is 0.325 e. The first-order valence-electron chi connectivity index (χ1n) is 11.4. The smallest absolute Gasteiger partial charge is 0.325 e. The minimum absolute atomic E-state index is 0.00441. The van der Waals surface area contributed by atoms with Gasteiger partial charge < -0.3 is 19.4 Å². The molecule has 1 N–H and O–H groups in total. The number of imidazole rings is 1. The van der Waals surface area contributed by atoms with Gasteiger partial charge in [-0.05, 0) is 28.8 Å². The zero-order valence-electron chi connectivity index (χ0n) is 20.0. The summed E-state index contributed by atoms with van der Waals surface area (Å²) < 4.78 is 11.9. The predicted molar refractivity (Wildman–Crippen MR) is 137 cm³/mol. The summed E-state index contributed by atoms with van der Waals surface area (Å²) in [6.45, 7) is 0.00441. The molecule has 0 saturated carbocycles. The van der Waals surface area contributed by atoms with Crippen LogP contribution in [0.15, 0.2) is 97.6 Å². The second kappa shape index (κ2) is 9.87. The Balaban J connectivity index is 1.73. The van der Waals surface area contributed by atoms with Gasteiger partial charge in [-0.2, -0.15) is 0 Å². The van der Waals surface area contributed by atoms with Crippen LogP contribution in [-0.2, 0) is 21.6 Å². The second-order valence-corrected chi connectivity index (χ2v) is 8.18. The quantitative estimate of drug-likeness (QED) is 0.260. The number of carbonyl (C=O) groups is 1. The lowest BCUT2D eigenvalue weighted by Crippen LogP contribution is -2.38. The second-order valence-electron chi connectivity index (χ2n) is 8.18. The molecule has 0 aliphatic carbocycles. The van der Waals surface area contributed by atoms with E-state index in [4.69, 9.17) is 9.47 Å². The van der Waals surface area contributed by atoms with Crippen molar-refractivity contribution in [1.29, 1.82) is 0 Å². The first kappa shape index (κ1) is 23.0. The third-order valence-electron chi connectivity index (χ3n) is 6.17. The number of hydrogen-bond acceptors (Lipinski definition) is 7. The van der Waals surface area contributed by atoms with Crippen LogP contribution in [0, 0.1) is 0 Å². The van der Waals surface area contributed by atoms with Gasteiger partial charge in [-0.3, -0.25) is 4.79 Å². The van der Waals surface area contributed by atoms with Gasteiger partial charge in [0.05, 0.1) is 20.5 Å². The van der Waals surface area contributed by atoms with E-state index in [9.17, 15) is 4.79 Å². The zero-order chi connectivity index (χ0) is 25.0. The van der Waals surface area contributed by atoms with Crippen LogP contribution in [0.25, 0.3) is 11.2 Å². The van der Waals surface area contributed by atoms with Crippen molar-refractivity contribution in [2.75, 3.05) is 19.5 Å². The Morgan fingerprint density at radius 2 is 1.44 bits per heavy atom. The van der Waals surface area contributed by atoms with Crippen LogP contribution in [0.1, 0.15) is 16.7 Å². The number of nitrogens with zero attached hydrogens (tertiary/aromatic N) is 4. The monoisotopic (exact) mass is 479 g/mol. The summed E-state index contributed by atoms with van der Waals surface area (Å²) in [5.41, 5.74) is 3.28. The molecule has 0 unspecified atom stereocenters. The van der Waals surface area contributed by atoms with Gasteiger partial charge in [-0.15, -0.1) is 0 Å². The first-order valence-corrected chi connectivity index (χ1v) is 11.4. The van der Waals surface area contributed by atoms with E-state index >= 15 is 0 Å². The molecule has 3 aromatic carbocycles. The standard InChI is InChI=1S/C28H25N5O3/c1-35-23-15-13-22(14-16-23)28(20-9-5-3-6-10-20,21-11-7-4-8-12-21)32-26-25-27(30-18-29-26)33(19-31-25)17-24(34)36-2/h3-16,18-19H,17H2,1-2H3,(H,29,30,32). The van der Waals surface area contributed by atoms with Crippen molar-refractivity contribution in [3.63, 3.8) is 0 Å². The molecular formula is C28H25N5O3. The van der Waals surface area contributed by atoms with E-state index in [1.165, 1.54) is 13.4 Å². The fourth-order valence-electron chi connectivity index (χ4n) is 4.40. The Hall–Kier alpha value is -4.72. The number of hydrogen-bond donors (Lipinski definition) is 1. The highest BCUT2D eigenvalue weighted by Gasteiger charge is 2.37. The van der Waals surface area contributed by atoms with Crippen molar-refractivity contribution < 1.29 is 14.3 Å². The fourth-order valence-corrected chi connectivity index (χ4v) is 4.40. The number of esters is 1. The van der Waals surface area contributed by atoms with Crippen molar-refractivity contribution >= 4 is 23.0 Å². The number of ether oxygens (including phenoxy) is 2. The third-order valence-corrected chi connectivity index (χ3v) is 6.17. The number of benzene rings is 3. The molecule has 2 heterocycles. The molecule has 8 heteroatoms. The van der Waals surface area contributed by atoms with Crippen molar-refractivity contribution in [1.82, 2.24) is 19.5 Å². The molecule has 0 bridgehead atoms. The molecule has 180 valence electrons. The minimum Gasteiger partial charge on any atom is -0.497 e. The normalized spacial score (nSPS) is 11.3. The molecule has 0 atom stereocenters. The molecule has 0 spiro atoms. The lowest BCUT2D eigenvalue weighted by Gasteiger charge is -2.37. The highest BCUT2D eigenvalue weighted by molar-refractivity contribution is 5.85.